The molecule has 4 N–H and O–H groups in total. The molecular weight excluding hydrogens is 388 g/mol. The standard InChI is InChI=1S/C23H32O7/c24-18(23-29-14-15-7-5-6-9-21(15)30-23)12-11-17-16(19(25)13-20(17)26)8-3-1-2-4-10-22(27)28/h1,3,5-7,9,16-20,23-26H,2,4,8,10-14H2,(H,27,28)/b3-1-/t16-,17-,18-,19+,20-,23-/m1/s1. The second-order valence-corrected chi connectivity index (χ2v) is 8.24. The summed E-state index contributed by atoms with van der Waals surface area (Å²) in [7, 11) is 0. The Bertz CT molecular complexity index is 719. The lowest BCUT2D eigenvalue weighted by atomic mass is 9.86. The third kappa shape index (κ3) is 6.04. The van der Waals surface area contributed by atoms with Crippen LogP contribution in [0.3, 0.4) is 0 Å². The first kappa shape index (κ1) is 22.7. The van der Waals surface area contributed by atoms with Crippen molar-refractivity contribution < 1.29 is 34.7 Å². The molecule has 1 saturated carbocycles. The quantitative estimate of drug-likeness (QED) is 0.340. The first-order valence-corrected chi connectivity index (χ1v) is 10.7. The maximum absolute atomic E-state index is 10.6. The molecule has 0 spiro atoms. The number of hydrogen-bond donors (Lipinski definition) is 4. The molecule has 1 fully saturated rings. The van der Waals surface area contributed by atoms with Gasteiger partial charge in [0.15, 0.2) is 0 Å². The molecule has 0 saturated heterocycles. The van der Waals surface area contributed by atoms with Crippen LogP contribution in [0.5, 0.6) is 5.75 Å². The number of hydrogen-bond acceptors (Lipinski definition) is 6. The Kier molecular flexibility index (Phi) is 8.27. The zero-order valence-electron chi connectivity index (χ0n) is 17.1. The molecule has 2 aliphatic rings. The van der Waals surface area contributed by atoms with Crippen LogP contribution in [0.1, 0.15) is 50.5 Å². The first-order chi connectivity index (χ1) is 14.5. The Morgan fingerprint density at radius 1 is 1.17 bits per heavy atom. The average Bonchev–Trinajstić information content (AvgIpc) is 3.00. The lowest BCUT2D eigenvalue weighted by molar-refractivity contribution is -0.168. The number of fused-ring (bicyclic) bond motifs is 1. The summed E-state index contributed by atoms with van der Waals surface area (Å²) in [6.45, 7) is 0.387. The van der Waals surface area contributed by atoms with Gasteiger partial charge in [-0.1, -0.05) is 30.4 Å². The lowest BCUT2D eigenvalue weighted by Crippen LogP contribution is -2.37. The monoisotopic (exact) mass is 420 g/mol. The highest BCUT2D eigenvalue weighted by molar-refractivity contribution is 5.66. The highest BCUT2D eigenvalue weighted by Gasteiger charge is 2.41. The molecule has 0 aromatic heterocycles. The van der Waals surface area contributed by atoms with Crippen LogP contribution >= 0.6 is 0 Å². The molecular formula is C23H32O7. The SMILES string of the molecule is O=C(O)CCC/C=C\C[C@@H]1[C@@H](CC[C@@H](O)[C@@H]2OCc3ccccc3O2)[C@H](O)C[C@@H]1O. The smallest absolute Gasteiger partial charge is 0.303 e. The number of allylic oxidation sites excluding steroid dienone is 2. The van der Waals surface area contributed by atoms with Crippen LogP contribution < -0.4 is 4.74 Å². The van der Waals surface area contributed by atoms with E-state index < -0.39 is 30.6 Å². The molecule has 1 heterocycles. The maximum Gasteiger partial charge on any atom is 0.303 e. The Labute approximate surface area is 176 Å². The van der Waals surface area contributed by atoms with Crippen molar-refractivity contribution in [2.75, 3.05) is 0 Å². The zero-order valence-corrected chi connectivity index (χ0v) is 17.1. The molecule has 0 unspecified atom stereocenters. The largest absolute Gasteiger partial charge is 0.481 e. The van der Waals surface area contributed by atoms with Crippen molar-refractivity contribution in [2.45, 2.75) is 76.2 Å². The fourth-order valence-corrected chi connectivity index (χ4v) is 4.41. The van der Waals surface area contributed by atoms with Gasteiger partial charge < -0.3 is 29.9 Å². The molecule has 0 amide bonds. The third-order valence-corrected chi connectivity index (χ3v) is 6.09. The number of aliphatic hydroxyl groups excluding tert-OH is 3. The highest BCUT2D eigenvalue weighted by Crippen LogP contribution is 2.39. The fourth-order valence-electron chi connectivity index (χ4n) is 4.41. The summed E-state index contributed by atoms with van der Waals surface area (Å²) < 4.78 is 11.4. The lowest BCUT2D eigenvalue weighted by Gasteiger charge is -2.31. The van der Waals surface area contributed by atoms with Crippen LogP contribution in [0.4, 0.5) is 0 Å². The highest BCUT2D eigenvalue weighted by atomic mass is 16.7. The molecule has 7 nitrogen and oxygen atoms in total. The van der Waals surface area contributed by atoms with E-state index in [4.69, 9.17) is 14.6 Å². The summed E-state index contributed by atoms with van der Waals surface area (Å²) in [6, 6.07) is 7.57. The van der Waals surface area contributed by atoms with E-state index in [0.29, 0.717) is 45.1 Å². The van der Waals surface area contributed by atoms with Gasteiger partial charge in [0.05, 0.1) is 18.8 Å². The molecule has 1 aromatic rings. The topological polar surface area (TPSA) is 116 Å². The van der Waals surface area contributed by atoms with Gasteiger partial charge in [0.2, 0.25) is 6.29 Å². The van der Waals surface area contributed by atoms with E-state index in [1.165, 1.54) is 0 Å². The Morgan fingerprint density at radius 3 is 2.73 bits per heavy atom. The fraction of sp³-hybridized carbons (Fsp3) is 0.609. The molecule has 7 heteroatoms. The van der Waals surface area contributed by atoms with E-state index in [1.807, 2.05) is 36.4 Å². The molecule has 166 valence electrons. The number of carbonyl (C=O) groups is 1. The van der Waals surface area contributed by atoms with Gasteiger partial charge in [0.25, 0.3) is 0 Å². The molecule has 1 aliphatic heterocycles. The number of benzene rings is 1. The molecule has 3 rings (SSSR count). The molecule has 0 bridgehead atoms. The summed E-state index contributed by atoms with van der Waals surface area (Å²) in [5.41, 5.74) is 0.950. The number of ether oxygens (including phenoxy) is 2. The summed E-state index contributed by atoms with van der Waals surface area (Å²) >= 11 is 0. The number of aliphatic carboxylic acids is 1. The Hall–Kier alpha value is -1.93. The molecule has 1 aromatic carbocycles. The van der Waals surface area contributed by atoms with Crippen molar-refractivity contribution in [3.63, 3.8) is 0 Å². The zero-order chi connectivity index (χ0) is 21.5. The number of carboxylic acid groups (broad SMARTS) is 1. The second-order valence-electron chi connectivity index (χ2n) is 8.24. The van der Waals surface area contributed by atoms with Gasteiger partial charge in [-0.05, 0) is 56.4 Å². The summed E-state index contributed by atoms with van der Waals surface area (Å²) in [5.74, 6) is -0.285. The van der Waals surface area contributed by atoms with Gasteiger partial charge in [-0.2, -0.15) is 0 Å². The van der Waals surface area contributed by atoms with Crippen molar-refractivity contribution in [1.82, 2.24) is 0 Å². The van der Waals surface area contributed by atoms with E-state index in [2.05, 4.69) is 0 Å². The number of carboxylic acids is 1. The van der Waals surface area contributed by atoms with Crippen molar-refractivity contribution >= 4 is 5.97 Å². The van der Waals surface area contributed by atoms with Crippen molar-refractivity contribution in [1.29, 1.82) is 0 Å². The Balaban J connectivity index is 1.47. The van der Waals surface area contributed by atoms with Crippen molar-refractivity contribution in [3.05, 3.63) is 42.0 Å². The predicted octanol–water partition coefficient (Wildman–Crippen LogP) is 2.62. The van der Waals surface area contributed by atoms with Crippen LogP contribution in [-0.2, 0) is 16.1 Å². The van der Waals surface area contributed by atoms with Gasteiger partial charge >= 0.3 is 5.97 Å². The van der Waals surface area contributed by atoms with Gasteiger partial charge in [0.1, 0.15) is 11.9 Å². The predicted molar refractivity (Wildman–Crippen MR) is 110 cm³/mol. The van der Waals surface area contributed by atoms with E-state index in [9.17, 15) is 20.1 Å². The number of unbranched alkanes of at least 4 members (excludes halogenated alkanes) is 1. The van der Waals surface area contributed by atoms with E-state index in [-0.39, 0.29) is 18.3 Å². The average molecular weight is 421 g/mol. The Morgan fingerprint density at radius 2 is 1.93 bits per heavy atom. The van der Waals surface area contributed by atoms with Gasteiger partial charge in [-0.15, -0.1) is 0 Å². The van der Waals surface area contributed by atoms with Crippen LogP contribution in [-0.4, -0.2) is 51.0 Å². The third-order valence-electron chi connectivity index (χ3n) is 6.09. The van der Waals surface area contributed by atoms with Crippen molar-refractivity contribution in [3.8, 4) is 5.75 Å². The summed E-state index contributed by atoms with van der Waals surface area (Å²) in [6.07, 6.45) is 4.47. The van der Waals surface area contributed by atoms with Gasteiger partial charge in [-0.3, -0.25) is 4.79 Å². The maximum atomic E-state index is 10.6. The number of para-hydroxylation sites is 1. The second kappa shape index (κ2) is 10.9. The number of aliphatic hydroxyl groups is 3. The van der Waals surface area contributed by atoms with Crippen LogP contribution in [0.2, 0.25) is 0 Å². The van der Waals surface area contributed by atoms with E-state index in [1.54, 1.807) is 0 Å². The van der Waals surface area contributed by atoms with Crippen LogP contribution in [0.15, 0.2) is 36.4 Å². The summed E-state index contributed by atoms with van der Waals surface area (Å²) in [5, 5.41) is 40.0. The minimum Gasteiger partial charge on any atom is -0.481 e. The first-order valence-electron chi connectivity index (χ1n) is 10.7. The van der Waals surface area contributed by atoms with Crippen molar-refractivity contribution in [2.24, 2.45) is 11.8 Å². The normalized spacial score (nSPS) is 29.5. The number of rotatable bonds is 10. The summed E-state index contributed by atoms with van der Waals surface area (Å²) in [4.78, 5) is 10.5. The molecule has 30 heavy (non-hydrogen) atoms. The van der Waals surface area contributed by atoms with E-state index in [0.717, 1.165) is 11.3 Å². The minimum atomic E-state index is -0.824. The van der Waals surface area contributed by atoms with E-state index >= 15 is 0 Å². The van der Waals surface area contributed by atoms with Crippen LogP contribution in [0, 0.1) is 11.8 Å². The van der Waals surface area contributed by atoms with Gasteiger partial charge in [-0.25, -0.2) is 0 Å². The molecule has 6 atom stereocenters. The van der Waals surface area contributed by atoms with Crippen LogP contribution in [0.25, 0.3) is 0 Å². The molecule has 0 radical (unpaired) electrons. The van der Waals surface area contributed by atoms with Gasteiger partial charge in [0, 0.05) is 12.0 Å². The minimum absolute atomic E-state index is 0.0863. The molecule has 1 aliphatic carbocycles.